The smallest absolute Gasteiger partial charge is 0.126 e. The van der Waals surface area contributed by atoms with Crippen LogP contribution in [0.5, 0.6) is 0 Å². The first kappa shape index (κ1) is 9.99. The minimum Gasteiger partial charge on any atom is -0.366 e. The maximum atomic E-state index is 5.57. The largest absolute Gasteiger partial charge is 0.366 e. The Labute approximate surface area is 79.4 Å². The highest BCUT2D eigenvalue weighted by Gasteiger charge is 2.02. The van der Waals surface area contributed by atoms with Crippen LogP contribution in [0.3, 0.4) is 0 Å². The fourth-order valence-corrected chi connectivity index (χ4v) is 1.09. The number of rotatable bonds is 4. The second-order valence-corrected chi connectivity index (χ2v) is 3.21. The molecule has 0 radical (unpaired) electrons. The minimum absolute atomic E-state index is 0.329. The molecule has 0 aromatic carbocycles. The summed E-state index contributed by atoms with van der Waals surface area (Å²) in [5.41, 5.74) is 6.74. The van der Waals surface area contributed by atoms with Gasteiger partial charge in [0.1, 0.15) is 5.82 Å². The standard InChI is InChI=1S/C10H17N3/c1-3-9(6-11)13-10-5-4-8(2)7-12-10/h4-5,7,9H,3,6,11H2,1-2H3,(H,12,13). The molecule has 0 bridgehead atoms. The van der Waals surface area contributed by atoms with E-state index in [1.807, 2.05) is 25.3 Å². The third kappa shape index (κ3) is 3.03. The molecule has 0 saturated carbocycles. The Kier molecular flexibility index (Phi) is 3.71. The molecule has 0 fully saturated rings. The highest BCUT2D eigenvalue weighted by atomic mass is 15.0. The maximum absolute atomic E-state index is 5.57. The van der Waals surface area contributed by atoms with Crippen LogP contribution in [0.15, 0.2) is 18.3 Å². The molecule has 0 spiro atoms. The van der Waals surface area contributed by atoms with Crippen molar-refractivity contribution in [2.45, 2.75) is 26.3 Å². The molecule has 1 heterocycles. The molecule has 1 aromatic heterocycles. The summed E-state index contributed by atoms with van der Waals surface area (Å²) in [6.07, 6.45) is 2.87. The lowest BCUT2D eigenvalue weighted by molar-refractivity contribution is 0.700. The highest BCUT2D eigenvalue weighted by molar-refractivity contribution is 5.36. The van der Waals surface area contributed by atoms with Gasteiger partial charge in [0.2, 0.25) is 0 Å². The number of hydrogen-bond acceptors (Lipinski definition) is 3. The first-order valence-corrected chi connectivity index (χ1v) is 4.65. The van der Waals surface area contributed by atoms with Crippen LogP contribution < -0.4 is 11.1 Å². The normalized spacial score (nSPS) is 12.5. The molecule has 3 N–H and O–H groups in total. The Balaban J connectivity index is 2.58. The number of nitrogens with zero attached hydrogens (tertiary/aromatic N) is 1. The molecule has 0 aliphatic rings. The maximum Gasteiger partial charge on any atom is 0.126 e. The van der Waals surface area contributed by atoms with Gasteiger partial charge in [-0.2, -0.15) is 0 Å². The SMILES string of the molecule is CCC(CN)Nc1ccc(C)cn1. The molecule has 72 valence electrons. The van der Waals surface area contributed by atoms with Crippen LogP contribution in [-0.2, 0) is 0 Å². The number of nitrogens with two attached hydrogens (primary N) is 1. The molecule has 0 aliphatic carbocycles. The monoisotopic (exact) mass is 179 g/mol. The minimum atomic E-state index is 0.329. The number of anilines is 1. The van der Waals surface area contributed by atoms with Gasteiger partial charge in [-0.05, 0) is 25.0 Å². The van der Waals surface area contributed by atoms with Crippen LogP contribution >= 0.6 is 0 Å². The van der Waals surface area contributed by atoms with Crippen LogP contribution in [0.4, 0.5) is 5.82 Å². The van der Waals surface area contributed by atoms with Gasteiger partial charge in [-0.1, -0.05) is 13.0 Å². The predicted molar refractivity (Wildman–Crippen MR) is 55.7 cm³/mol. The Morgan fingerprint density at radius 1 is 1.54 bits per heavy atom. The van der Waals surface area contributed by atoms with Crippen molar-refractivity contribution in [2.75, 3.05) is 11.9 Å². The molecule has 1 rings (SSSR count). The van der Waals surface area contributed by atoms with Gasteiger partial charge in [0.25, 0.3) is 0 Å². The summed E-state index contributed by atoms with van der Waals surface area (Å²) in [5, 5.41) is 3.27. The lowest BCUT2D eigenvalue weighted by atomic mass is 10.2. The molecule has 3 heteroatoms. The Morgan fingerprint density at radius 3 is 2.77 bits per heavy atom. The molecular formula is C10H17N3. The van der Waals surface area contributed by atoms with Gasteiger partial charge >= 0.3 is 0 Å². The first-order valence-electron chi connectivity index (χ1n) is 4.65. The zero-order valence-electron chi connectivity index (χ0n) is 8.25. The van der Waals surface area contributed by atoms with Crippen molar-refractivity contribution in [3.8, 4) is 0 Å². The Hall–Kier alpha value is -1.09. The van der Waals surface area contributed by atoms with Crippen molar-refractivity contribution >= 4 is 5.82 Å². The van der Waals surface area contributed by atoms with Crippen molar-refractivity contribution in [3.63, 3.8) is 0 Å². The molecule has 1 unspecified atom stereocenters. The van der Waals surface area contributed by atoms with Crippen molar-refractivity contribution in [3.05, 3.63) is 23.9 Å². The number of aromatic nitrogens is 1. The van der Waals surface area contributed by atoms with Crippen LogP contribution in [-0.4, -0.2) is 17.6 Å². The molecule has 1 atom stereocenters. The quantitative estimate of drug-likeness (QED) is 0.737. The third-order valence-electron chi connectivity index (χ3n) is 2.04. The van der Waals surface area contributed by atoms with Crippen LogP contribution in [0.2, 0.25) is 0 Å². The zero-order valence-corrected chi connectivity index (χ0v) is 8.25. The molecule has 1 aromatic rings. The summed E-state index contributed by atoms with van der Waals surface area (Å²) in [5.74, 6) is 0.905. The van der Waals surface area contributed by atoms with Gasteiger partial charge in [0, 0.05) is 18.8 Å². The molecule has 3 nitrogen and oxygen atoms in total. The van der Waals surface area contributed by atoms with Crippen LogP contribution in [0.25, 0.3) is 0 Å². The van der Waals surface area contributed by atoms with Gasteiger partial charge in [0.05, 0.1) is 0 Å². The fraction of sp³-hybridized carbons (Fsp3) is 0.500. The summed E-state index contributed by atoms with van der Waals surface area (Å²) < 4.78 is 0. The van der Waals surface area contributed by atoms with Crippen molar-refractivity contribution in [1.82, 2.24) is 4.98 Å². The van der Waals surface area contributed by atoms with E-state index < -0.39 is 0 Å². The number of pyridine rings is 1. The van der Waals surface area contributed by atoms with Crippen LogP contribution in [0, 0.1) is 6.92 Å². The van der Waals surface area contributed by atoms with Crippen LogP contribution in [0.1, 0.15) is 18.9 Å². The van der Waals surface area contributed by atoms with Crippen molar-refractivity contribution < 1.29 is 0 Å². The van der Waals surface area contributed by atoms with Gasteiger partial charge in [-0.3, -0.25) is 0 Å². The van der Waals surface area contributed by atoms with E-state index in [9.17, 15) is 0 Å². The molecule has 13 heavy (non-hydrogen) atoms. The van der Waals surface area contributed by atoms with Gasteiger partial charge in [-0.15, -0.1) is 0 Å². The molecule has 0 saturated heterocycles. The second kappa shape index (κ2) is 4.82. The molecular weight excluding hydrogens is 162 g/mol. The van der Waals surface area contributed by atoms with E-state index >= 15 is 0 Å². The first-order chi connectivity index (χ1) is 6.26. The van der Waals surface area contributed by atoms with E-state index in [0.717, 1.165) is 12.2 Å². The summed E-state index contributed by atoms with van der Waals surface area (Å²) in [4.78, 5) is 4.25. The number of aryl methyl sites for hydroxylation is 1. The van der Waals surface area contributed by atoms with E-state index in [4.69, 9.17) is 5.73 Å². The summed E-state index contributed by atoms with van der Waals surface area (Å²) >= 11 is 0. The fourth-order valence-electron chi connectivity index (χ4n) is 1.09. The lowest BCUT2D eigenvalue weighted by Crippen LogP contribution is -2.28. The predicted octanol–water partition coefficient (Wildman–Crippen LogP) is 1.54. The zero-order chi connectivity index (χ0) is 9.68. The summed E-state index contributed by atoms with van der Waals surface area (Å²) in [6, 6.07) is 4.35. The topological polar surface area (TPSA) is 50.9 Å². The van der Waals surface area contributed by atoms with E-state index in [1.165, 1.54) is 5.56 Å². The second-order valence-electron chi connectivity index (χ2n) is 3.21. The number of nitrogens with one attached hydrogen (secondary N) is 1. The average Bonchev–Trinajstić information content (AvgIpc) is 2.17. The van der Waals surface area contributed by atoms with Gasteiger partial charge in [-0.25, -0.2) is 4.98 Å². The van der Waals surface area contributed by atoms with Gasteiger partial charge in [0.15, 0.2) is 0 Å². The third-order valence-corrected chi connectivity index (χ3v) is 2.04. The number of hydrogen-bond donors (Lipinski definition) is 2. The molecule has 0 aliphatic heterocycles. The highest BCUT2D eigenvalue weighted by Crippen LogP contribution is 2.06. The van der Waals surface area contributed by atoms with E-state index in [2.05, 4.69) is 17.2 Å². The summed E-state index contributed by atoms with van der Waals surface area (Å²) in [7, 11) is 0. The lowest BCUT2D eigenvalue weighted by Gasteiger charge is -2.14. The molecule has 0 amide bonds. The van der Waals surface area contributed by atoms with Gasteiger partial charge < -0.3 is 11.1 Å². The summed E-state index contributed by atoms with van der Waals surface area (Å²) in [6.45, 7) is 4.78. The van der Waals surface area contributed by atoms with E-state index in [-0.39, 0.29) is 0 Å². The Morgan fingerprint density at radius 2 is 2.31 bits per heavy atom. The van der Waals surface area contributed by atoms with E-state index in [1.54, 1.807) is 0 Å². The van der Waals surface area contributed by atoms with E-state index in [0.29, 0.717) is 12.6 Å². The average molecular weight is 179 g/mol. The Bertz CT molecular complexity index is 239. The van der Waals surface area contributed by atoms with Crippen molar-refractivity contribution in [2.24, 2.45) is 5.73 Å². The van der Waals surface area contributed by atoms with Crippen molar-refractivity contribution in [1.29, 1.82) is 0 Å².